The average Bonchev–Trinajstić information content (AvgIpc) is 3.40. The summed E-state index contributed by atoms with van der Waals surface area (Å²) >= 11 is 0. The van der Waals surface area contributed by atoms with Crippen molar-refractivity contribution in [1.29, 1.82) is 0 Å². The first kappa shape index (κ1) is 15.6. The van der Waals surface area contributed by atoms with Gasteiger partial charge in [0.05, 0.1) is 5.54 Å². The smallest absolute Gasteiger partial charge is 0.140 e. The lowest BCUT2D eigenvalue weighted by Gasteiger charge is -2.41. The lowest BCUT2D eigenvalue weighted by Crippen LogP contribution is -2.58. The summed E-state index contributed by atoms with van der Waals surface area (Å²) in [6.45, 7) is 2.86. The van der Waals surface area contributed by atoms with E-state index in [1.807, 2.05) is 6.07 Å². The standard InChI is InChI=1S/C21H24N2O/c24-16-21(14-20(21)18-9-5-2-6-10-18)23-12-11-22-15-19(23)13-17-7-3-1-4-8-17/h1-10,16,19-20,22H,11-15H2/t19-,20?,21?/m0/s1. The Morgan fingerprint density at radius 2 is 1.79 bits per heavy atom. The Labute approximate surface area is 143 Å². The highest BCUT2D eigenvalue weighted by Crippen LogP contribution is 2.55. The summed E-state index contributed by atoms with van der Waals surface area (Å²) in [6, 6.07) is 21.5. The molecule has 4 rings (SSSR count). The summed E-state index contributed by atoms with van der Waals surface area (Å²) in [4.78, 5) is 14.6. The van der Waals surface area contributed by atoms with Crippen molar-refractivity contribution in [2.24, 2.45) is 0 Å². The van der Waals surface area contributed by atoms with E-state index in [2.05, 4.69) is 64.8 Å². The van der Waals surface area contributed by atoms with Gasteiger partial charge in [0.1, 0.15) is 6.29 Å². The Hall–Kier alpha value is -1.97. The molecule has 1 aliphatic carbocycles. The van der Waals surface area contributed by atoms with Gasteiger partial charge in [-0.05, 0) is 24.0 Å². The number of aldehydes is 1. The van der Waals surface area contributed by atoms with Gasteiger partial charge in [0.25, 0.3) is 0 Å². The highest BCUT2D eigenvalue weighted by molar-refractivity contribution is 5.73. The third-order valence-electron chi connectivity index (χ3n) is 5.58. The second-order valence-electron chi connectivity index (χ2n) is 7.02. The number of carbonyl (C=O) groups excluding carboxylic acids is 1. The van der Waals surface area contributed by atoms with Crippen LogP contribution in [-0.2, 0) is 11.2 Å². The Balaban J connectivity index is 1.57. The fourth-order valence-electron chi connectivity index (χ4n) is 4.25. The van der Waals surface area contributed by atoms with E-state index in [0.717, 1.165) is 32.5 Å². The van der Waals surface area contributed by atoms with Gasteiger partial charge in [-0.3, -0.25) is 4.90 Å². The molecule has 124 valence electrons. The molecule has 2 aromatic carbocycles. The van der Waals surface area contributed by atoms with E-state index >= 15 is 0 Å². The zero-order valence-electron chi connectivity index (χ0n) is 13.9. The minimum Gasteiger partial charge on any atom is -0.314 e. The summed E-state index contributed by atoms with van der Waals surface area (Å²) in [5.74, 6) is 0.340. The number of piperazine rings is 1. The highest BCUT2D eigenvalue weighted by atomic mass is 16.1. The first-order chi connectivity index (χ1) is 11.8. The molecular formula is C21H24N2O. The Bertz CT molecular complexity index is 687. The predicted molar refractivity (Wildman–Crippen MR) is 96.1 cm³/mol. The van der Waals surface area contributed by atoms with E-state index in [1.165, 1.54) is 17.4 Å². The van der Waals surface area contributed by atoms with Crippen LogP contribution in [0.25, 0.3) is 0 Å². The van der Waals surface area contributed by atoms with Crippen molar-refractivity contribution < 1.29 is 4.79 Å². The SMILES string of the molecule is O=CC1(N2CCNC[C@@H]2Cc2ccccc2)CC1c1ccccc1. The summed E-state index contributed by atoms with van der Waals surface area (Å²) in [5.41, 5.74) is 2.33. The van der Waals surface area contributed by atoms with Crippen LogP contribution in [0.2, 0.25) is 0 Å². The molecule has 0 spiro atoms. The lowest BCUT2D eigenvalue weighted by atomic mass is 9.98. The molecule has 0 bridgehead atoms. The molecule has 1 heterocycles. The van der Waals surface area contributed by atoms with Gasteiger partial charge in [-0.1, -0.05) is 60.7 Å². The van der Waals surface area contributed by atoms with Crippen LogP contribution in [0, 0.1) is 0 Å². The van der Waals surface area contributed by atoms with Crippen molar-refractivity contribution >= 4 is 6.29 Å². The van der Waals surface area contributed by atoms with Crippen molar-refractivity contribution in [3.63, 3.8) is 0 Å². The Kier molecular flexibility index (Phi) is 4.21. The monoisotopic (exact) mass is 320 g/mol. The van der Waals surface area contributed by atoms with Crippen LogP contribution < -0.4 is 5.32 Å². The summed E-state index contributed by atoms with van der Waals surface area (Å²) in [7, 11) is 0. The van der Waals surface area contributed by atoms with Gasteiger partial charge in [-0.25, -0.2) is 0 Å². The molecule has 1 aliphatic heterocycles. The number of nitrogens with zero attached hydrogens (tertiary/aromatic N) is 1. The topological polar surface area (TPSA) is 32.3 Å². The van der Waals surface area contributed by atoms with E-state index in [9.17, 15) is 4.79 Å². The molecule has 0 radical (unpaired) electrons. The van der Waals surface area contributed by atoms with Crippen molar-refractivity contribution in [2.45, 2.75) is 30.3 Å². The van der Waals surface area contributed by atoms with Crippen molar-refractivity contribution in [1.82, 2.24) is 10.2 Å². The summed E-state index contributed by atoms with van der Waals surface area (Å²) < 4.78 is 0. The zero-order chi connectivity index (χ0) is 16.4. The maximum atomic E-state index is 12.1. The van der Waals surface area contributed by atoms with Gasteiger partial charge in [0.15, 0.2) is 0 Å². The molecule has 2 aliphatic rings. The van der Waals surface area contributed by atoms with Gasteiger partial charge in [-0.15, -0.1) is 0 Å². The molecule has 24 heavy (non-hydrogen) atoms. The molecule has 1 N–H and O–H groups in total. The normalized spacial score (nSPS) is 30.0. The molecule has 0 aromatic heterocycles. The Morgan fingerprint density at radius 3 is 2.50 bits per heavy atom. The Morgan fingerprint density at radius 1 is 1.08 bits per heavy atom. The van der Waals surface area contributed by atoms with Gasteiger partial charge in [-0.2, -0.15) is 0 Å². The van der Waals surface area contributed by atoms with E-state index in [4.69, 9.17) is 0 Å². The average molecular weight is 320 g/mol. The van der Waals surface area contributed by atoms with Crippen LogP contribution in [0.1, 0.15) is 23.5 Å². The quantitative estimate of drug-likeness (QED) is 0.860. The van der Waals surface area contributed by atoms with Crippen molar-refractivity contribution in [3.8, 4) is 0 Å². The van der Waals surface area contributed by atoms with Crippen LogP contribution in [0.15, 0.2) is 60.7 Å². The van der Waals surface area contributed by atoms with Crippen LogP contribution in [0.3, 0.4) is 0 Å². The molecule has 1 saturated carbocycles. The second kappa shape index (κ2) is 6.50. The molecule has 3 nitrogen and oxygen atoms in total. The van der Waals surface area contributed by atoms with Gasteiger partial charge in [0.2, 0.25) is 0 Å². The molecule has 3 heteroatoms. The largest absolute Gasteiger partial charge is 0.314 e. The van der Waals surface area contributed by atoms with Crippen LogP contribution in [-0.4, -0.2) is 42.4 Å². The van der Waals surface area contributed by atoms with E-state index in [-0.39, 0.29) is 5.54 Å². The number of rotatable bonds is 5. The third-order valence-corrected chi connectivity index (χ3v) is 5.58. The lowest BCUT2D eigenvalue weighted by molar-refractivity contribution is -0.115. The summed E-state index contributed by atoms with van der Waals surface area (Å²) in [5, 5.41) is 3.51. The number of benzene rings is 2. The van der Waals surface area contributed by atoms with Crippen molar-refractivity contribution in [3.05, 3.63) is 71.8 Å². The third kappa shape index (κ3) is 2.79. The first-order valence-electron chi connectivity index (χ1n) is 8.86. The van der Waals surface area contributed by atoms with E-state index in [1.54, 1.807) is 0 Å². The highest BCUT2D eigenvalue weighted by Gasteiger charge is 2.60. The van der Waals surface area contributed by atoms with Gasteiger partial charge in [0, 0.05) is 31.6 Å². The van der Waals surface area contributed by atoms with Crippen LogP contribution in [0.4, 0.5) is 0 Å². The molecule has 2 aromatic rings. The van der Waals surface area contributed by atoms with Crippen LogP contribution in [0.5, 0.6) is 0 Å². The number of nitrogens with one attached hydrogen (secondary N) is 1. The maximum Gasteiger partial charge on any atom is 0.140 e. The fraction of sp³-hybridized carbons (Fsp3) is 0.381. The second-order valence-corrected chi connectivity index (χ2v) is 7.02. The molecule has 2 fully saturated rings. The zero-order valence-corrected chi connectivity index (χ0v) is 13.9. The first-order valence-corrected chi connectivity index (χ1v) is 8.86. The van der Waals surface area contributed by atoms with E-state index in [0.29, 0.717) is 12.0 Å². The van der Waals surface area contributed by atoms with Gasteiger partial charge >= 0.3 is 0 Å². The van der Waals surface area contributed by atoms with Crippen LogP contribution >= 0.6 is 0 Å². The summed E-state index contributed by atoms with van der Waals surface area (Å²) in [6.07, 6.45) is 3.16. The number of hydrogen-bond donors (Lipinski definition) is 1. The molecule has 1 saturated heterocycles. The number of carbonyl (C=O) groups is 1. The molecule has 0 amide bonds. The number of hydrogen-bond acceptors (Lipinski definition) is 3. The maximum absolute atomic E-state index is 12.1. The van der Waals surface area contributed by atoms with E-state index < -0.39 is 0 Å². The minimum atomic E-state index is -0.303. The van der Waals surface area contributed by atoms with Crippen molar-refractivity contribution in [2.75, 3.05) is 19.6 Å². The minimum absolute atomic E-state index is 0.303. The molecule has 3 atom stereocenters. The fourth-order valence-corrected chi connectivity index (χ4v) is 4.25. The molecule has 2 unspecified atom stereocenters. The predicted octanol–water partition coefficient (Wildman–Crippen LogP) is 2.63. The molecular weight excluding hydrogens is 296 g/mol. The van der Waals surface area contributed by atoms with Gasteiger partial charge < -0.3 is 10.1 Å².